The van der Waals surface area contributed by atoms with Crippen LogP contribution in [-0.4, -0.2) is 26.1 Å². The fraction of sp³-hybridized carbons (Fsp3) is 0.381. The molecule has 0 saturated carbocycles. The molecule has 4 heteroatoms. The summed E-state index contributed by atoms with van der Waals surface area (Å²) < 4.78 is 5.22. The highest BCUT2D eigenvalue weighted by molar-refractivity contribution is 5.90. The lowest BCUT2D eigenvalue weighted by molar-refractivity contribution is -0.116. The molecule has 134 valence electrons. The SMILES string of the molecule is COc1cccc(CCNCCC(=O)Nc2ccc(C(C)C)cc2)c1. The van der Waals surface area contributed by atoms with Gasteiger partial charge in [0.2, 0.25) is 5.91 Å². The van der Waals surface area contributed by atoms with E-state index in [9.17, 15) is 4.79 Å². The maximum absolute atomic E-state index is 12.0. The summed E-state index contributed by atoms with van der Waals surface area (Å²) in [4.78, 5) is 12.0. The highest BCUT2D eigenvalue weighted by atomic mass is 16.5. The molecule has 0 aromatic heterocycles. The van der Waals surface area contributed by atoms with Crippen molar-refractivity contribution in [1.29, 1.82) is 0 Å². The molecule has 0 atom stereocenters. The molecule has 0 aliphatic rings. The smallest absolute Gasteiger partial charge is 0.225 e. The highest BCUT2D eigenvalue weighted by Crippen LogP contribution is 2.17. The number of benzene rings is 2. The topological polar surface area (TPSA) is 50.4 Å². The minimum atomic E-state index is 0.0335. The number of anilines is 1. The number of rotatable bonds is 9. The van der Waals surface area contributed by atoms with Gasteiger partial charge in [0.15, 0.2) is 0 Å². The second-order valence-corrected chi connectivity index (χ2v) is 6.43. The molecule has 0 aliphatic carbocycles. The number of carbonyl (C=O) groups is 1. The molecule has 0 unspecified atom stereocenters. The van der Waals surface area contributed by atoms with Gasteiger partial charge in [-0.3, -0.25) is 4.79 Å². The van der Waals surface area contributed by atoms with Crippen LogP contribution in [0.1, 0.15) is 37.3 Å². The molecule has 0 bridgehead atoms. The molecule has 0 fully saturated rings. The number of ether oxygens (including phenoxy) is 1. The van der Waals surface area contributed by atoms with Crippen molar-refractivity contribution < 1.29 is 9.53 Å². The van der Waals surface area contributed by atoms with E-state index in [1.54, 1.807) is 7.11 Å². The fourth-order valence-corrected chi connectivity index (χ4v) is 2.56. The molecule has 0 radical (unpaired) electrons. The van der Waals surface area contributed by atoms with E-state index < -0.39 is 0 Å². The first-order valence-corrected chi connectivity index (χ1v) is 8.82. The third kappa shape index (κ3) is 6.59. The molecule has 2 N–H and O–H groups in total. The van der Waals surface area contributed by atoms with E-state index in [2.05, 4.69) is 42.7 Å². The van der Waals surface area contributed by atoms with Crippen LogP contribution in [0.3, 0.4) is 0 Å². The van der Waals surface area contributed by atoms with Crippen molar-refractivity contribution in [3.63, 3.8) is 0 Å². The normalized spacial score (nSPS) is 10.7. The average molecular weight is 340 g/mol. The number of hydrogen-bond acceptors (Lipinski definition) is 3. The summed E-state index contributed by atoms with van der Waals surface area (Å²) in [5.41, 5.74) is 3.35. The van der Waals surface area contributed by atoms with Crippen molar-refractivity contribution in [2.45, 2.75) is 32.6 Å². The van der Waals surface area contributed by atoms with Crippen molar-refractivity contribution in [1.82, 2.24) is 5.32 Å². The monoisotopic (exact) mass is 340 g/mol. The molecular weight excluding hydrogens is 312 g/mol. The molecule has 0 aliphatic heterocycles. The van der Waals surface area contributed by atoms with Crippen molar-refractivity contribution in [2.75, 3.05) is 25.5 Å². The zero-order valence-corrected chi connectivity index (χ0v) is 15.3. The zero-order valence-electron chi connectivity index (χ0n) is 15.3. The molecule has 25 heavy (non-hydrogen) atoms. The maximum Gasteiger partial charge on any atom is 0.225 e. The number of hydrogen-bond donors (Lipinski definition) is 2. The van der Waals surface area contributed by atoms with Crippen LogP contribution in [0.4, 0.5) is 5.69 Å². The molecule has 0 saturated heterocycles. The van der Waals surface area contributed by atoms with E-state index in [1.165, 1.54) is 11.1 Å². The highest BCUT2D eigenvalue weighted by Gasteiger charge is 2.04. The second kappa shape index (κ2) is 9.84. The first-order chi connectivity index (χ1) is 12.1. The largest absolute Gasteiger partial charge is 0.497 e. The third-order valence-corrected chi connectivity index (χ3v) is 4.11. The maximum atomic E-state index is 12.0. The van der Waals surface area contributed by atoms with Crippen LogP contribution in [0.15, 0.2) is 48.5 Å². The summed E-state index contributed by atoms with van der Waals surface area (Å²) >= 11 is 0. The number of methoxy groups -OCH3 is 1. The average Bonchev–Trinajstić information content (AvgIpc) is 2.62. The predicted molar refractivity (Wildman–Crippen MR) is 103 cm³/mol. The number of nitrogens with one attached hydrogen (secondary N) is 2. The van der Waals surface area contributed by atoms with Crippen LogP contribution in [0.25, 0.3) is 0 Å². The Morgan fingerprint density at radius 1 is 1.08 bits per heavy atom. The molecule has 2 rings (SSSR count). The summed E-state index contributed by atoms with van der Waals surface area (Å²) in [5, 5.41) is 6.25. The Bertz CT molecular complexity index is 666. The van der Waals surface area contributed by atoms with E-state index in [-0.39, 0.29) is 5.91 Å². The summed E-state index contributed by atoms with van der Waals surface area (Å²) in [6.45, 7) is 5.82. The minimum absolute atomic E-state index is 0.0335. The molecule has 0 spiro atoms. The van der Waals surface area contributed by atoms with Crippen molar-refractivity contribution in [3.8, 4) is 5.75 Å². The summed E-state index contributed by atoms with van der Waals surface area (Å²) in [6, 6.07) is 16.1. The zero-order chi connectivity index (χ0) is 18.1. The molecular formula is C21H28N2O2. The Kier molecular flexibility index (Phi) is 7.48. The Hall–Kier alpha value is -2.33. The van der Waals surface area contributed by atoms with Gasteiger partial charge < -0.3 is 15.4 Å². The molecule has 0 heterocycles. The second-order valence-electron chi connectivity index (χ2n) is 6.43. The van der Waals surface area contributed by atoms with Crippen LogP contribution < -0.4 is 15.4 Å². The van der Waals surface area contributed by atoms with Crippen LogP contribution in [0, 0.1) is 0 Å². The van der Waals surface area contributed by atoms with Gasteiger partial charge in [-0.1, -0.05) is 38.1 Å². The first-order valence-electron chi connectivity index (χ1n) is 8.82. The summed E-state index contributed by atoms with van der Waals surface area (Å²) in [6.07, 6.45) is 1.37. The Labute approximate surface area is 150 Å². The van der Waals surface area contributed by atoms with Crippen LogP contribution >= 0.6 is 0 Å². The van der Waals surface area contributed by atoms with E-state index in [1.807, 2.05) is 30.3 Å². The van der Waals surface area contributed by atoms with E-state index >= 15 is 0 Å². The lowest BCUT2D eigenvalue weighted by atomic mass is 10.0. The molecule has 4 nitrogen and oxygen atoms in total. The van der Waals surface area contributed by atoms with Gasteiger partial charge in [0.25, 0.3) is 0 Å². The summed E-state index contributed by atoms with van der Waals surface area (Å²) in [7, 11) is 1.67. The van der Waals surface area contributed by atoms with Gasteiger partial charge in [-0.2, -0.15) is 0 Å². The predicted octanol–water partition coefficient (Wildman–Crippen LogP) is 3.98. The van der Waals surface area contributed by atoms with E-state index in [4.69, 9.17) is 4.74 Å². The van der Waals surface area contributed by atoms with Crippen molar-refractivity contribution >= 4 is 11.6 Å². The van der Waals surface area contributed by atoms with Gasteiger partial charge in [0, 0.05) is 18.7 Å². The van der Waals surface area contributed by atoms with Crippen LogP contribution in [-0.2, 0) is 11.2 Å². The molecule has 2 aromatic rings. The Balaban J connectivity index is 1.65. The van der Waals surface area contributed by atoms with Crippen LogP contribution in [0.2, 0.25) is 0 Å². The Morgan fingerprint density at radius 3 is 2.52 bits per heavy atom. The Morgan fingerprint density at radius 2 is 1.84 bits per heavy atom. The van der Waals surface area contributed by atoms with Crippen LogP contribution in [0.5, 0.6) is 5.75 Å². The number of carbonyl (C=O) groups excluding carboxylic acids is 1. The van der Waals surface area contributed by atoms with Gasteiger partial charge >= 0.3 is 0 Å². The quantitative estimate of drug-likeness (QED) is 0.679. The summed E-state index contributed by atoms with van der Waals surface area (Å²) in [5.74, 6) is 1.41. The van der Waals surface area contributed by atoms with Gasteiger partial charge in [0.1, 0.15) is 5.75 Å². The lowest BCUT2D eigenvalue weighted by Crippen LogP contribution is -2.23. The number of amides is 1. The van der Waals surface area contributed by atoms with Gasteiger partial charge in [0.05, 0.1) is 7.11 Å². The minimum Gasteiger partial charge on any atom is -0.497 e. The van der Waals surface area contributed by atoms with E-state index in [0.29, 0.717) is 18.9 Å². The lowest BCUT2D eigenvalue weighted by Gasteiger charge is -2.09. The van der Waals surface area contributed by atoms with Crippen molar-refractivity contribution in [3.05, 3.63) is 59.7 Å². The fourth-order valence-electron chi connectivity index (χ4n) is 2.56. The standard InChI is InChI=1S/C21H28N2O2/c1-16(2)18-7-9-19(10-8-18)23-21(24)12-14-22-13-11-17-5-4-6-20(15-17)25-3/h4-10,15-16,22H,11-14H2,1-3H3,(H,23,24). The van der Waals surface area contributed by atoms with Crippen molar-refractivity contribution in [2.24, 2.45) is 0 Å². The van der Waals surface area contributed by atoms with Gasteiger partial charge in [-0.15, -0.1) is 0 Å². The first kappa shape index (κ1) is 19.0. The van der Waals surface area contributed by atoms with E-state index in [0.717, 1.165) is 24.4 Å². The molecule has 2 aromatic carbocycles. The third-order valence-electron chi connectivity index (χ3n) is 4.11. The van der Waals surface area contributed by atoms with Gasteiger partial charge in [-0.05, 0) is 54.3 Å². The van der Waals surface area contributed by atoms with Gasteiger partial charge in [-0.25, -0.2) is 0 Å². The molecule has 1 amide bonds.